The fourth-order valence-electron chi connectivity index (χ4n) is 8.77. The molecule has 6 unspecified atom stereocenters. The van der Waals surface area contributed by atoms with Crippen LogP contribution in [0.25, 0.3) is 0 Å². The summed E-state index contributed by atoms with van der Waals surface area (Å²) in [6.45, 7) is 9.33. The maximum Gasteiger partial charge on any atom is 0.302 e. The maximum absolute atomic E-state index is 11.3. The molecular formula is C25H42O4. The first kappa shape index (κ1) is 21.6. The van der Waals surface area contributed by atoms with Gasteiger partial charge in [-0.2, -0.15) is 0 Å². The van der Waals surface area contributed by atoms with Gasteiger partial charge in [0.1, 0.15) is 0 Å². The second kappa shape index (κ2) is 7.82. The van der Waals surface area contributed by atoms with Gasteiger partial charge in [-0.3, -0.25) is 4.79 Å². The van der Waals surface area contributed by atoms with E-state index in [0.29, 0.717) is 52.9 Å². The number of aliphatic hydroxyl groups is 2. The average Bonchev–Trinajstić information content (AvgIpc) is 3.00. The highest BCUT2D eigenvalue weighted by atomic mass is 16.5. The van der Waals surface area contributed by atoms with Crippen LogP contribution in [0.15, 0.2) is 0 Å². The van der Waals surface area contributed by atoms with E-state index in [1.165, 1.54) is 32.6 Å². The van der Waals surface area contributed by atoms with Gasteiger partial charge in [-0.25, -0.2) is 0 Å². The summed E-state index contributed by atoms with van der Waals surface area (Å²) in [4.78, 5) is 11.1. The van der Waals surface area contributed by atoms with Crippen molar-refractivity contribution in [3.63, 3.8) is 0 Å². The summed E-state index contributed by atoms with van der Waals surface area (Å²) >= 11 is 0. The molecule has 4 heteroatoms. The van der Waals surface area contributed by atoms with Gasteiger partial charge in [-0.15, -0.1) is 0 Å². The molecule has 4 aliphatic rings. The highest BCUT2D eigenvalue weighted by molar-refractivity contribution is 5.65. The number of rotatable bonds is 4. The molecule has 10 atom stereocenters. The van der Waals surface area contributed by atoms with Crippen LogP contribution in [0.5, 0.6) is 0 Å². The van der Waals surface area contributed by atoms with Gasteiger partial charge in [0, 0.05) is 6.92 Å². The topological polar surface area (TPSA) is 66.8 Å². The van der Waals surface area contributed by atoms with E-state index in [1.54, 1.807) is 0 Å². The number of aliphatic hydroxyl groups excluding tert-OH is 2. The monoisotopic (exact) mass is 406 g/mol. The van der Waals surface area contributed by atoms with E-state index in [2.05, 4.69) is 20.8 Å². The predicted octanol–water partition coefficient (Wildman–Crippen LogP) is 4.57. The number of carbonyl (C=O) groups excluding carboxylic acids is 1. The smallest absolute Gasteiger partial charge is 0.302 e. The Bertz CT molecular complexity index is 620. The lowest BCUT2D eigenvalue weighted by molar-refractivity contribution is -0.174. The molecule has 4 nitrogen and oxygen atoms in total. The Morgan fingerprint density at radius 2 is 1.72 bits per heavy atom. The van der Waals surface area contributed by atoms with Crippen molar-refractivity contribution in [2.75, 3.05) is 6.61 Å². The van der Waals surface area contributed by atoms with E-state index in [9.17, 15) is 15.0 Å². The number of hydrogen-bond donors (Lipinski definition) is 2. The van der Waals surface area contributed by atoms with Gasteiger partial charge in [0.25, 0.3) is 0 Å². The lowest BCUT2D eigenvalue weighted by Gasteiger charge is -2.62. The van der Waals surface area contributed by atoms with Crippen LogP contribution in [-0.4, -0.2) is 35.0 Å². The summed E-state index contributed by atoms with van der Waals surface area (Å²) in [5.74, 6) is 3.16. The molecule has 0 amide bonds. The second-order valence-electron chi connectivity index (χ2n) is 11.6. The van der Waals surface area contributed by atoms with Crippen molar-refractivity contribution < 1.29 is 19.7 Å². The molecule has 0 aromatic rings. The molecule has 0 aliphatic heterocycles. The molecule has 0 spiro atoms. The Hall–Kier alpha value is -0.610. The molecule has 166 valence electrons. The Balaban J connectivity index is 1.51. The molecule has 0 aromatic carbocycles. The van der Waals surface area contributed by atoms with Gasteiger partial charge in [-0.05, 0) is 104 Å². The summed E-state index contributed by atoms with van der Waals surface area (Å²) in [6, 6.07) is 0. The average molecular weight is 407 g/mol. The Kier molecular flexibility index (Phi) is 5.83. The molecule has 0 heterocycles. The zero-order valence-electron chi connectivity index (χ0n) is 18.9. The molecule has 4 aliphatic carbocycles. The van der Waals surface area contributed by atoms with Gasteiger partial charge in [-0.1, -0.05) is 20.8 Å². The van der Waals surface area contributed by atoms with Gasteiger partial charge < -0.3 is 14.9 Å². The lowest BCUT2D eigenvalue weighted by atomic mass is 9.43. The number of fused-ring (bicyclic) bond motifs is 5. The van der Waals surface area contributed by atoms with Gasteiger partial charge >= 0.3 is 5.97 Å². The van der Waals surface area contributed by atoms with Gasteiger partial charge in [0.05, 0.1) is 18.8 Å². The highest BCUT2D eigenvalue weighted by Gasteiger charge is 2.62. The normalized spacial score (nSPS) is 50.2. The van der Waals surface area contributed by atoms with Crippen LogP contribution in [0.2, 0.25) is 0 Å². The highest BCUT2D eigenvalue weighted by Crippen LogP contribution is 2.68. The van der Waals surface area contributed by atoms with E-state index in [1.807, 2.05) is 0 Å². The van der Waals surface area contributed by atoms with Crippen molar-refractivity contribution in [3.05, 3.63) is 0 Å². The quantitative estimate of drug-likeness (QED) is 0.671. The number of ether oxygens (including phenoxy) is 1. The van der Waals surface area contributed by atoms with E-state index in [-0.39, 0.29) is 18.2 Å². The van der Waals surface area contributed by atoms with Crippen LogP contribution >= 0.6 is 0 Å². The first-order valence-corrected chi connectivity index (χ1v) is 12.2. The third-order valence-corrected chi connectivity index (χ3v) is 10.3. The van der Waals surface area contributed by atoms with E-state index in [0.717, 1.165) is 32.1 Å². The van der Waals surface area contributed by atoms with Gasteiger partial charge in [0.15, 0.2) is 0 Å². The molecule has 4 rings (SSSR count). The van der Waals surface area contributed by atoms with E-state index in [4.69, 9.17) is 4.74 Å². The fourth-order valence-corrected chi connectivity index (χ4v) is 8.77. The zero-order valence-corrected chi connectivity index (χ0v) is 18.9. The van der Waals surface area contributed by atoms with Crippen molar-refractivity contribution >= 4 is 5.97 Å². The lowest BCUT2D eigenvalue weighted by Crippen LogP contribution is -2.58. The van der Waals surface area contributed by atoms with Crippen LogP contribution in [0.3, 0.4) is 0 Å². The minimum absolute atomic E-state index is 0.167. The zero-order chi connectivity index (χ0) is 21.0. The standard InChI is InChI=1S/C25H42O4/c1-15(9-12-29-16(2)26)19-5-6-20-23-21(8-11-25(19,20)4)24(3)10-7-18(27)13-17(24)14-22(23)28/h15,17-23,27-28H,5-14H2,1-4H3/t15?,17?,18-,19-,20?,21?,22?,23?,24+,25-/m1/s1. The predicted molar refractivity (Wildman–Crippen MR) is 113 cm³/mol. The van der Waals surface area contributed by atoms with Crippen LogP contribution in [0.1, 0.15) is 85.5 Å². The van der Waals surface area contributed by atoms with Crippen molar-refractivity contribution in [3.8, 4) is 0 Å². The minimum atomic E-state index is -0.205. The number of esters is 1. The maximum atomic E-state index is 11.3. The molecule has 29 heavy (non-hydrogen) atoms. The Morgan fingerprint density at radius 1 is 1.03 bits per heavy atom. The Labute approximate surface area is 176 Å². The molecule has 0 aromatic heterocycles. The SMILES string of the molecule is CC(=O)OCCC(C)[C@H]1CCC2C3C(O)CC4C[C@H](O)CC[C@]4(C)C3CC[C@@]21C. The molecule has 0 bridgehead atoms. The third-order valence-electron chi connectivity index (χ3n) is 10.3. The molecular weight excluding hydrogens is 364 g/mol. The first-order chi connectivity index (χ1) is 13.7. The van der Waals surface area contributed by atoms with Crippen molar-refractivity contribution in [1.29, 1.82) is 0 Å². The molecule has 0 radical (unpaired) electrons. The van der Waals surface area contributed by atoms with Crippen molar-refractivity contribution in [2.45, 2.75) is 97.7 Å². The van der Waals surface area contributed by atoms with Crippen LogP contribution in [-0.2, 0) is 9.53 Å². The largest absolute Gasteiger partial charge is 0.466 e. The summed E-state index contributed by atoms with van der Waals surface area (Å²) < 4.78 is 5.23. The number of carbonyl (C=O) groups is 1. The summed E-state index contributed by atoms with van der Waals surface area (Å²) in [7, 11) is 0. The minimum Gasteiger partial charge on any atom is -0.466 e. The van der Waals surface area contributed by atoms with Crippen LogP contribution < -0.4 is 0 Å². The third kappa shape index (κ3) is 3.56. The Morgan fingerprint density at radius 3 is 2.45 bits per heavy atom. The second-order valence-corrected chi connectivity index (χ2v) is 11.6. The molecule has 2 N–H and O–H groups in total. The van der Waals surface area contributed by atoms with Gasteiger partial charge in [0.2, 0.25) is 0 Å². The first-order valence-electron chi connectivity index (χ1n) is 12.2. The summed E-state index contributed by atoms with van der Waals surface area (Å²) in [5, 5.41) is 21.5. The van der Waals surface area contributed by atoms with E-state index < -0.39 is 0 Å². The number of hydrogen-bond acceptors (Lipinski definition) is 4. The summed E-state index contributed by atoms with van der Waals surface area (Å²) in [5.41, 5.74) is 0.596. The van der Waals surface area contributed by atoms with E-state index >= 15 is 0 Å². The van der Waals surface area contributed by atoms with Crippen LogP contribution in [0, 0.1) is 46.3 Å². The molecule has 0 saturated heterocycles. The molecule has 4 saturated carbocycles. The molecule has 4 fully saturated rings. The van der Waals surface area contributed by atoms with Crippen LogP contribution in [0.4, 0.5) is 0 Å². The van der Waals surface area contributed by atoms with Crippen molar-refractivity contribution in [1.82, 2.24) is 0 Å². The fraction of sp³-hybridized carbons (Fsp3) is 0.960. The van der Waals surface area contributed by atoms with Crippen molar-refractivity contribution in [2.24, 2.45) is 46.3 Å². The summed E-state index contributed by atoms with van der Waals surface area (Å²) in [6.07, 6.45) is 9.37.